The molecule has 1 aromatic carbocycles. The lowest BCUT2D eigenvalue weighted by atomic mass is 10.2. The van der Waals surface area contributed by atoms with Crippen LogP contribution in [-0.2, 0) is 6.54 Å². The highest BCUT2D eigenvalue weighted by molar-refractivity contribution is 6.03. The molecule has 0 unspecified atom stereocenters. The van der Waals surface area contributed by atoms with Crippen molar-refractivity contribution in [3.8, 4) is 5.75 Å². The van der Waals surface area contributed by atoms with Crippen LogP contribution in [0.1, 0.15) is 35.7 Å². The van der Waals surface area contributed by atoms with E-state index in [1.54, 1.807) is 18.3 Å². The van der Waals surface area contributed by atoms with Crippen LogP contribution in [0.4, 0.5) is 11.6 Å². The topological polar surface area (TPSA) is 89.0 Å². The predicted octanol–water partition coefficient (Wildman–Crippen LogP) is 3.83. The first-order valence-electron chi connectivity index (χ1n) is 9.08. The SMILES string of the molecule is Cc1cc(C(=O)Nc2ccccc2OC(C)C)nc(NCc2ccccn2)n1. The lowest BCUT2D eigenvalue weighted by Gasteiger charge is -2.15. The molecule has 2 aromatic heterocycles. The second-order valence-corrected chi connectivity index (χ2v) is 6.51. The normalized spacial score (nSPS) is 10.6. The van der Waals surface area contributed by atoms with Crippen molar-refractivity contribution in [2.24, 2.45) is 0 Å². The second-order valence-electron chi connectivity index (χ2n) is 6.51. The Morgan fingerprint density at radius 1 is 1.11 bits per heavy atom. The van der Waals surface area contributed by atoms with Gasteiger partial charge in [-0.1, -0.05) is 18.2 Å². The van der Waals surface area contributed by atoms with E-state index < -0.39 is 0 Å². The van der Waals surface area contributed by atoms with Gasteiger partial charge in [0.1, 0.15) is 11.4 Å². The van der Waals surface area contributed by atoms with Crippen LogP contribution < -0.4 is 15.4 Å². The van der Waals surface area contributed by atoms with Gasteiger partial charge in [0.05, 0.1) is 24.0 Å². The van der Waals surface area contributed by atoms with Crippen LogP contribution in [0.5, 0.6) is 5.75 Å². The molecule has 0 saturated carbocycles. The molecular weight excluding hydrogens is 354 g/mol. The van der Waals surface area contributed by atoms with Gasteiger partial charge < -0.3 is 15.4 Å². The zero-order chi connectivity index (χ0) is 19.9. The summed E-state index contributed by atoms with van der Waals surface area (Å²) in [5.74, 6) is 0.666. The molecule has 0 atom stereocenters. The van der Waals surface area contributed by atoms with Crippen LogP contribution in [0.15, 0.2) is 54.7 Å². The molecule has 3 aromatic rings. The Morgan fingerprint density at radius 3 is 2.64 bits per heavy atom. The Bertz CT molecular complexity index is 945. The fourth-order valence-corrected chi connectivity index (χ4v) is 2.55. The maximum atomic E-state index is 12.7. The zero-order valence-electron chi connectivity index (χ0n) is 16.1. The highest BCUT2D eigenvalue weighted by atomic mass is 16.5. The number of hydrogen-bond acceptors (Lipinski definition) is 6. The van der Waals surface area contributed by atoms with E-state index in [1.165, 1.54) is 0 Å². The van der Waals surface area contributed by atoms with Crippen LogP contribution in [0, 0.1) is 6.92 Å². The summed E-state index contributed by atoms with van der Waals surface area (Å²) in [6.45, 7) is 6.16. The highest BCUT2D eigenvalue weighted by Crippen LogP contribution is 2.25. The van der Waals surface area contributed by atoms with E-state index in [0.717, 1.165) is 5.69 Å². The summed E-state index contributed by atoms with van der Waals surface area (Å²) in [7, 11) is 0. The van der Waals surface area contributed by atoms with E-state index in [1.807, 2.05) is 57.2 Å². The zero-order valence-corrected chi connectivity index (χ0v) is 16.1. The monoisotopic (exact) mass is 377 g/mol. The average Bonchev–Trinajstić information content (AvgIpc) is 2.68. The number of rotatable bonds is 7. The average molecular weight is 377 g/mol. The molecule has 3 rings (SSSR count). The quantitative estimate of drug-likeness (QED) is 0.650. The third-order valence-corrected chi connectivity index (χ3v) is 3.74. The molecule has 0 aliphatic rings. The van der Waals surface area contributed by atoms with Crippen LogP contribution in [0.25, 0.3) is 0 Å². The number of benzene rings is 1. The van der Waals surface area contributed by atoms with Crippen LogP contribution in [-0.4, -0.2) is 27.0 Å². The van der Waals surface area contributed by atoms with Crippen molar-refractivity contribution in [2.75, 3.05) is 10.6 Å². The summed E-state index contributed by atoms with van der Waals surface area (Å²) in [6, 6.07) is 14.6. The Morgan fingerprint density at radius 2 is 1.89 bits per heavy atom. The highest BCUT2D eigenvalue weighted by Gasteiger charge is 2.14. The van der Waals surface area contributed by atoms with Crippen LogP contribution in [0.3, 0.4) is 0 Å². The van der Waals surface area contributed by atoms with Gasteiger partial charge >= 0.3 is 0 Å². The maximum Gasteiger partial charge on any atom is 0.274 e. The molecule has 0 spiro atoms. The maximum absolute atomic E-state index is 12.7. The predicted molar refractivity (Wildman–Crippen MR) is 108 cm³/mol. The first kappa shape index (κ1) is 19.3. The first-order valence-corrected chi connectivity index (χ1v) is 9.08. The number of nitrogens with one attached hydrogen (secondary N) is 2. The van der Waals surface area contributed by atoms with Gasteiger partial charge in [-0.05, 0) is 51.1 Å². The molecule has 2 N–H and O–H groups in total. The fraction of sp³-hybridized carbons (Fsp3) is 0.238. The van der Waals surface area contributed by atoms with Gasteiger partial charge in [0.15, 0.2) is 0 Å². The standard InChI is InChI=1S/C21H23N5O2/c1-14(2)28-19-10-5-4-9-17(19)25-20(27)18-12-15(3)24-21(26-18)23-13-16-8-6-7-11-22-16/h4-12,14H,13H2,1-3H3,(H,25,27)(H,23,24,26). The van der Waals surface area contributed by atoms with Crippen molar-refractivity contribution in [3.63, 3.8) is 0 Å². The van der Waals surface area contributed by atoms with E-state index in [2.05, 4.69) is 25.6 Å². The summed E-state index contributed by atoms with van der Waals surface area (Å²) < 4.78 is 5.75. The minimum atomic E-state index is -0.328. The molecule has 7 heteroatoms. The number of ether oxygens (including phenoxy) is 1. The summed E-state index contributed by atoms with van der Waals surface area (Å²) in [4.78, 5) is 25.7. The van der Waals surface area contributed by atoms with Gasteiger partial charge in [-0.25, -0.2) is 9.97 Å². The smallest absolute Gasteiger partial charge is 0.274 e. The molecule has 7 nitrogen and oxygen atoms in total. The number of aromatic nitrogens is 3. The number of pyridine rings is 1. The molecule has 2 heterocycles. The van der Waals surface area contributed by atoms with E-state index in [9.17, 15) is 4.79 Å². The summed E-state index contributed by atoms with van der Waals surface area (Å²) in [5, 5.41) is 5.98. The van der Waals surface area contributed by atoms with Gasteiger partial charge in [-0.3, -0.25) is 9.78 Å². The molecule has 0 radical (unpaired) electrons. The third kappa shape index (κ3) is 5.26. The molecule has 144 valence electrons. The number of carbonyl (C=O) groups excluding carboxylic acids is 1. The number of aryl methyl sites for hydroxylation is 1. The molecule has 0 fully saturated rings. The van der Waals surface area contributed by atoms with Crippen LogP contribution in [0.2, 0.25) is 0 Å². The number of anilines is 2. The minimum absolute atomic E-state index is 0.00162. The van der Waals surface area contributed by atoms with Crippen molar-refractivity contribution in [1.82, 2.24) is 15.0 Å². The first-order chi connectivity index (χ1) is 13.5. The number of nitrogens with zero attached hydrogens (tertiary/aromatic N) is 3. The third-order valence-electron chi connectivity index (χ3n) is 3.74. The Hall–Kier alpha value is -3.48. The Kier molecular flexibility index (Phi) is 6.16. The van der Waals surface area contributed by atoms with Crippen molar-refractivity contribution in [1.29, 1.82) is 0 Å². The van der Waals surface area contributed by atoms with Gasteiger partial charge in [0.2, 0.25) is 5.95 Å². The number of amides is 1. The molecular formula is C21H23N5O2. The summed E-state index contributed by atoms with van der Waals surface area (Å²) in [6.07, 6.45) is 1.73. The van der Waals surface area contributed by atoms with E-state index in [-0.39, 0.29) is 17.7 Å². The van der Waals surface area contributed by atoms with Crippen molar-refractivity contribution in [3.05, 3.63) is 71.8 Å². The largest absolute Gasteiger partial charge is 0.489 e. The van der Waals surface area contributed by atoms with E-state index in [0.29, 0.717) is 29.6 Å². The number of carbonyl (C=O) groups is 1. The van der Waals surface area contributed by atoms with Gasteiger partial charge in [-0.2, -0.15) is 0 Å². The Balaban J connectivity index is 1.74. The second kappa shape index (κ2) is 8.94. The van der Waals surface area contributed by atoms with Crippen molar-refractivity contribution in [2.45, 2.75) is 33.4 Å². The van der Waals surface area contributed by atoms with Gasteiger partial charge in [0.25, 0.3) is 5.91 Å². The number of hydrogen-bond donors (Lipinski definition) is 2. The Labute approximate surface area is 164 Å². The molecule has 0 aliphatic carbocycles. The lowest BCUT2D eigenvalue weighted by Crippen LogP contribution is -2.17. The van der Waals surface area contributed by atoms with Crippen LogP contribution >= 0.6 is 0 Å². The summed E-state index contributed by atoms with van der Waals surface area (Å²) in [5.41, 5.74) is 2.42. The molecule has 0 bridgehead atoms. The minimum Gasteiger partial charge on any atom is -0.489 e. The fourth-order valence-electron chi connectivity index (χ4n) is 2.55. The molecule has 28 heavy (non-hydrogen) atoms. The van der Waals surface area contributed by atoms with E-state index in [4.69, 9.17) is 4.74 Å². The molecule has 0 saturated heterocycles. The van der Waals surface area contributed by atoms with Gasteiger partial charge in [-0.15, -0.1) is 0 Å². The molecule has 0 aliphatic heterocycles. The lowest BCUT2D eigenvalue weighted by molar-refractivity contribution is 0.102. The summed E-state index contributed by atoms with van der Waals surface area (Å²) >= 11 is 0. The molecule has 1 amide bonds. The van der Waals surface area contributed by atoms with Crippen molar-refractivity contribution < 1.29 is 9.53 Å². The number of para-hydroxylation sites is 2. The van der Waals surface area contributed by atoms with E-state index >= 15 is 0 Å². The van der Waals surface area contributed by atoms with Gasteiger partial charge in [0, 0.05) is 11.9 Å². The van der Waals surface area contributed by atoms with Crippen molar-refractivity contribution >= 4 is 17.5 Å².